The molecule has 3 heterocycles. The van der Waals surface area contributed by atoms with E-state index in [-0.39, 0.29) is 29.9 Å². The van der Waals surface area contributed by atoms with Gasteiger partial charge in [0.1, 0.15) is 18.4 Å². The molecule has 32 heavy (non-hydrogen) atoms. The molecule has 3 aromatic rings. The van der Waals surface area contributed by atoms with Crippen molar-refractivity contribution in [3.63, 3.8) is 0 Å². The van der Waals surface area contributed by atoms with Crippen LogP contribution in [0.5, 0.6) is 0 Å². The summed E-state index contributed by atoms with van der Waals surface area (Å²) in [7, 11) is 0. The van der Waals surface area contributed by atoms with E-state index >= 15 is 0 Å². The molecule has 1 fully saturated rings. The van der Waals surface area contributed by atoms with Crippen molar-refractivity contribution in [1.82, 2.24) is 24.3 Å². The first-order valence-electron chi connectivity index (χ1n) is 11.0. The van der Waals surface area contributed by atoms with Crippen molar-refractivity contribution in [3.8, 4) is 11.3 Å². The van der Waals surface area contributed by atoms with E-state index in [4.69, 9.17) is 4.74 Å². The molecule has 1 saturated heterocycles. The Hall–Kier alpha value is -3.49. The van der Waals surface area contributed by atoms with Crippen LogP contribution in [0.15, 0.2) is 41.5 Å². The van der Waals surface area contributed by atoms with Crippen LogP contribution in [0.4, 0.5) is 0 Å². The number of fused-ring (bicyclic) bond motifs is 1. The number of aromatic nitrogens is 4. The van der Waals surface area contributed by atoms with Gasteiger partial charge in [0.25, 0.3) is 5.56 Å². The van der Waals surface area contributed by atoms with Gasteiger partial charge in [-0.3, -0.25) is 14.4 Å². The molecule has 0 bridgehead atoms. The second-order valence-corrected chi connectivity index (χ2v) is 7.91. The summed E-state index contributed by atoms with van der Waals surface area (Å²) in [5.41, 5.74) is 2.81. The monoisotopic (exact) mass is 437 g/mol. The first-order chi connectivity index (χ1) is 15.5. The highest BCUT2D eigenvalue weighted by molar-refractivity contribution is 5.77. The SMILES string of the molecule is CCOC(=O)C1CCN(C(=O)Cn2ncn3nc(-c4ccc(CC)cc4)cc3c2=O)CC1. The number of carbonyl (C=O) groups excluding carboxylic acids is 2. The van der Waals surface area contributed by atoms with Gasteiger partial charge < -0.3 is 9.64 Å². The molecule has 0 radical (unpaired) electrons. The van der Waals surface area contributed by atoms with Crippen molar-refractivity contribution in [1.29, 1.82) is 0 Å². The smallest absolute Gasteiger partial charge is 0.309 e. The molecule has 168 valence electrons. The molecular weight excluding hydrogens is 410 g/mol. The zero-order chi connectivity index (χ0) is 22.7. The number of likely N-dealkylation sites (tertiary alicyclic amines) is 1. The molecule has 0 N–H and O–H groups in total. The van der Waals surface area contributed by atoms with E-state index < -0.39 is 0 Å². The summed E-state index contributed by atoms with van der Waals surface area (Å²) in [5.74, 6) is -0.572. The number of carbonyl (C=O) groups is 2. The van der Waals surface area contributed by atoms with Crippen molar-refractivity contribution in [2.75, 3.05) is 19.7 Å². The number of aryl methyl sites for hydroxylation is 1. The molecule has 2 aromatic heterocycles. The number of nitrogens with zero attached hydrogens (tertiary/aromatic N) is 5. The van der Waals surface area contributed by atoms with Crippen LogP contribution in [0.25, 0.3) is 16.8 Å². The molecule has 0 aliphatic carbocycles. The molecule has 1 aromatic carbocycles. The van der Waals surface area contributed by atoms with Gasteiger partial charge >= 0.3 is 5.97 Å². The van der Waals surface area contributed by atoms with Crippen molar-refractivity contribution < 1.29 is 14.3 Å². The van der Waals surface area contributed by atoms with Crippen LogP contribution in [0.1, 0.15) is 32.3 Å². The summed E-state index contributed by atoms with van der Waals surface area (Å²) in [5, 5.41) is 8.58. The zero-order valence-corrected chi connectivity index (χ0v) is 18.4. The van der Waals surface area contributed by atoms with Crippen molar-refractivity contribution in [3.05, 3.63) is 52.6 Å². The van der Waals surface area contributed by atoms with Gasteiger partial charge in [-0.1, -0.05) is 31.2 Å². The fraction of sp³-hybridized carbons (Fsp3) is 0.435. The van der Waals surface area contributed by atoms with Crippen molar-refractivity contribution in [2.45, 2.75) is 39.7 Å². The number of benzene rings is 1. The number of esters is 1. The number of ether oxygens (including phenoxy) is 1. The summed E-state index contributed by atoms with van der Waals surface area (Å²) in [6.07, 6.45) is 3.53. The van der Waals surface area contributed by atoms with E-state index in [0.29, 0.717) is 43.7 Å². The van der Waals surface area contributed by atoms with Gasteiger partial charge in [-0.15, -0.1) is 0 Å². The summed E-state index contributed by atoms with van der Waals surface area (Å²) in [6.45, 7) is 5.01. The number of rotatable bonds is 6. The zero-order valence-electron chi connectivity index (χ0n) is 18.4. The topological polar surface area (TPSA) is 98.8 Å². The molecular formula is C23H27N5O4. The molecule has 4 rings (SSSR count). The minimum absolute atomic E-state index is 0.148. The van der Waals surface area contributed by atoms with E-state index in [1.54, 1.807) is 17.9 Å². The third-order valence-corrected chi connectivity index (χ3v) is 5.90. The normalized spacial score (nSPS) is 14.6. The lowest BCUT2D eigenvalue weighted by Gasteiger charge is -2.30. The molecule has 0 atom stereocenters. The molecule has 9 nitrogen and oxygen atoms in total. The Kier molecular flexibility index (Phi) is 6.34. The van der Waals surface area contributed by atoms with Crippen LogP contribution in [0.3, 0.4) is 0 Å². The Bertz CT molecular complexity index is 1170. The minimum Gasteiger partial charge on any atom is -0.466 e. The molecule has 9 heteroatoms. The number of hydrogen-bond donors (Lipinski definition) is 0. The summed E-state index contributed by atoms with van der Waals surface area (Å²) < 4.78 is 7.68. The van der Waals surface area contributed by atoms with Crippen LogP contribution < -0.4 is 5.56 Å². The predicted octanol–water partition coefficient (Wildman–Crippen LogP) is 1.92. The van der Waals surface area contributed by atoms with E-state index in [1.165, 1.54) is 21.1 Å². The number of amides is 1. The number of piperidine rings is 1. The van der Waals surface area contributed by atoms with Gasteiger partial charge in [0.2, 0.25) is 5.91 Å². The van der Waals surface area contributed by atoms with Crippen LogP contribution >= 0.6 is 0 Å². The second kappa shape index (κ2) is 9.33. The molecule has 0 spiro atoms. The lowest BCUT2D eigenvalue weighted by Crippen LogP contribution is -2.43. The summed E-state index contributed by atoms with van der Waals surface area (Å²) in [6, 6.07) is 9.77. The quantitative estimate of drug-likeness (QED) is 0.547. The molecule has 0 unspecified atom stereocenters. The van der Waals surface area contributed by atoms with E-state index in [2.05, 4.69) is 17.1 Å². The Morgan fingerprint density at radius 3 is 2.50 bits per heavy atom. The standard InChI is InChI=1S/C23H27N5O4/c1-3-16-5-7-17(8-6-16)19-13-20-22(30)27(24-15-28(20)25-19)14-21(29)26-11-9-18(10-12-26)23(31)32-4-2/h5-8,13,15,18H,3-4,9-12,14H2,1-2H3. The third-order valence-electron chi connectivity index (χ3n) is 5.90. The molecule has 1 amide bonds. The Balaban J connectivity index is 1.46. The molecule has 1 aliphatic heterocycles. The maximum Gasteiger partial charge on any atom is 0.309 e. The van der Waals surface area contributed by atoms with Crippen LogP contribution in [0.2, 0.25) is 0 Å². The Morgan fingerprint density at radius 1 is 1.12 bits per heavy atom. The maximum absolute atomic E-state index is 12.9. The van der Waals surface area contributed by atoms with Crippen molar-refractivity contribution in [2.24, 2.45) is 5.92 Å². The third kappa shape index (κ3) is 4.42. The van der Waals surface area contributed by atoms with Gasteiger partial charge in [-0.2, -0.15) is 10.2 Å². The van der Waals surface area contributed by atoms with Crippen LogP contribution in [-0.4, -0.2) is 55.9 Å². The van der Waals surface area contributed by atoms with Gasteiger partial charge in [0.15, 0.2) is 0 Å². The van der Waals surface area contributed by atoms with Gasteiger partial charge in [0.05, 0.1) is 18.2 Å². The van der Waals surface area contributed by atoms with Gasteiger partial charge in [-0.25, -0.2) is 9.20 Å². The first kappa shape index (κ1) is 21.7. The van der Waals surface area contributed by atoms with Crippen LogP contribution in [-0.2, 0) is 27.3 Å². The maximum atomic E-state index is 12.9. The summed E-state index contributed by atoms with van der Waals surface area (Å²) in [4.78, 5) is 39.2. The first-order valence-corrected chi connectivity index (χ1v) is 11.0. The van der Waals surface area contributed by atoms with E-state index in [0.717, 1.165) is 12.0 Å². The Morgan fingerprint density at radius 2 is 1.84 bits per heavy atom. The minimum atomic E-state index is -0.369. The fourth-order valence-corrected chi connectivity index (χ4v) is 3.96. The second-order valence-electron chi connectivity index (χ2n) is 7.91. The Labute approximate surface area is 185 Å². The average Bonchev–Trinajstić information content (AvgIpc) is 3.26. The van der Waals surface area contributed by atoms with E-state index in [9.17, 15) is 14.4 Å². The van der Waals surface area contributed by atoms with Gasteiger partial charge in [0, 0.05) is 18.7 Å². The molecule has 0 saturated carbocycles. The van der Waals surface area contributed by atoms with Crippen LogP contribution in [0, 0.1) is 5.92 Å². The highest BCUT2D eigenvalue weighted by Crippen LogP contribution is 2.20. The van der Waals surface area contributed by atoms with Gasteiger partial charge in [-0.05, 0) is 37.8 Å². The number of hydrogen-bond acceptors (Lipinski definition) is 6. The average molecular weight is 438 g/mol. The largest absolute Gasteiger partial charge is 0.466 e. The highest BCUT2D eigenvalue weighted by Gasteiger charge is 2.28. The van der Waals surface area contributed by atoms with Crippen molar-refractivity contribution >= 4 is 17.4 Å². The fourth-order valence-electron chi connectivity index (χ4n) is 3.96. The highest BCUT2D eigenvalue weighted by atomic mass is 16.5. The summed E-state index contributed by atoms with van der Waals surface area (Å²) >= 11 is 0. The lowest BCUT2D eigenvalue weighted by molar-refractivity contribution is -0.151. The predicted molar refractivity (Wildman–Crippen MR) is 118 cm³/mol. The lowest BCUT2D eigenvalue weighted by atomic mass is 9.97. The van der Waals surface area contributed by atoms with E-state index in [1.807, 2.05) is 24.3 Å². The molecule has 1 aliphatic rings.